The molecule has 2 aromatic carbocycles. The zero-order chi connectivity index (χ0) is 19.9. The first-order chi connectivity index (χ1) is 12.9. The summed E-state index contributed by atoms with van der Waals surface area (Å²) >= 11 is 0. The lowest BCUT2D eigenvalue weighted by atomic mass is 10.2. The van der Waals surface area contributed by atoms with Gasteiger partial charge in [0.25, 0.3) is 15.9 Å². The van der Waals surface area contributed by atoms with E-state index in [9.17, 15) is 13.2 Å². The van der Waals surface area contributed by atoms with Gasteiger partial charge in [0.1, 0.15) is 11.5 Å². The lowest BCUT2D eigenvalue weighted by Crippen LogP contribution is -2.28. The van der Waals surface area contributed by atoms with Crippen LogP contribution in [0.4, 0.5) is 5.69 Å². The van der Waals surface area contributed by atoms with E-state index in [1.54, 1.807) is 37.3 Å². The van der Waals surface area contributed by atoms with Gasteiger partial charge in [0.2, 0.25) is 0 Å². The van der Waals surface area contributed by atoms with E-state index in [1.807, 2.05) is 13.8 Å². The molecule has 27 heavy (non-hydrogen) atoms. The lowest BCUT2D eigenvalue weighted by Gasteiger charge is -2.12. The van der Waals surface area contributed by atoms with Gasteiger partial charge in [-0.3, -0.25) is 9.52 Å². The molecule has 0 aliphatic heterocycles. The number of amides is 1. The molecule has 1 amide bonds. The zero-order valence-electron chi connectivity index (χ0n) is 15.6. The summed E-state index contributed by atoms with van der Waals surface area (Å²) in [7, 11) is -3.74. The number of aryl methyl sites for hydroxylation is 1. The fourth-order valence-corrected chi connectivity index (χ4v) is 3.49. The Balaban J connectivity index is 2.09. The molecule has 8 heteroatoms. The number of hydrogen-bond donors (Lipinski definition) is 2. The van der Waals surface area contributed by atoms with Crippen molar-refractivity contribution < 1.29 is 22.7 Å². The van der Waals surface area contributed by atoms with Gasteiger partial charge in [-0.05, 0) is 68.8 Å². The minimum absolute atomic E-state index is 0.110. The summed E-state index contributed by atoms with van der Waals surface area (Å²) in [5.74, 6) is 0.900. The Morgan fingerprint density at radius 2 is 1.74 bits per heavy atom. The number of benzene rings is 2. The number of sulfonamides is 1. The van der Waals surface area contributed by atoms with Crippen molar-refractivity contribution in [3.63, 3.8) is 0 Å². The van der Waals surface area contributed by atoms with Crippen molar-refractivity contribution in [2.24, 2.45) is 0 Å². The van der Waals surface area contributed by atoms with Crippen LogP contribution in [0.5, 0.6) is 11.5 Å². The van der Waals surface area contributed by atoms with Crippen molar-refractivity contribution in [2.45, 2.75) is 25.7 Å². The third-order valence-corrected chi connectivity index (χ3v) is 4.99. The second-order valence-corrected chi connectivity index (χ2v) is 7.41. The highest BCUT2D eigenvalue weighted by Gasteiger charge is 2.16. The van der Waals surface area contributed by atoms with Gasteiger partial charge in [-0.1, -0.05) is 0 Å². The molecule has 0 heterocycles. The molecule has 2 N–H and O–H groups in total. The predicted octanol–water partition coefficient (Wildman–Crippen LogP) is 2.71. The summed E-state index contributed by atoms with van der Waals surface area (Å²) in [5, 5.41) is 2.63. The number of likely N-dealkylation sites (N-methyl/N-ethyl adjacent to an activating group) is 1. The van der Waals surface area contributed by atoms with Crippen LogP contribution in [0.25, 0.3) is 0 Å². The Morgan fingerprint density at radius 3 is 2.33 bits per heavy atom. The maximum absolute atomic E-state index is 12.6. The zero-order valence-corrected chi connectivity index (χ0v) is 16.4. The van der Waals surface area contributed by atoms with Crippen molar-refractivity contribution in [3.8, 4) is 11.5 Å². The molecule has 0 bridgehead atoms. The molecule has 0 fully saturated rings. The van der Waals surface area contributed by atoms with E-state index in [2.05, 4.69) is 10.0 Å². The molecule has 2 aromatic rings. The first-order valence-corrected chi connectivity index (χ1v) is 10.1. The molecule has 0 spiro atoms. The van der Waals surface area contributed by atoms with Gasteiger partial charge in [-0.2, -0.15) is 0 Å². The number of rotatable bonds is 9. The molecule has 0 radical (unpaired) electrons. The van der Waals surface area contributed by atoms with E-state index < -0.39 is 10.0 Å². The Bertz CT molecular complexity index is 879. The van der Waals surface area contributed by atoms with Gasteiger partial charge in [-0.15, -0.1) is 0 Å². The molecule has 0 atom stereocenters. The fourth-order valence-electron chi connectivity index (χ4n) is 2.34. The molecular formula is C19H24N2O5S. The van der Waals surface area contributed by atoms with E-state index in [1.165, 1.54) is 12.1 Å². The van der Waals surface area contributed by atoms with Crippen LogP contribution in [0.2, 0.25) is 0 Å². The molecule has 146 valence electrons. The molecule has 0 unspecified atom stereocenters. The molecule has 2 rings (SSSR count). The van der Waals surface area contributed by atoms with Crippen LogP contribution in [0.3, 0.4) is 0 Å². The molecule has 7 nitrogen and oxygen atoms in total. The standard InChI is InChI=1S/C19H24N2O5S/c1-4-20-19(22)13-26-18-11-10-17(12-14(18)3)27(23,24)21-15-6-8-16(9-7-15)25-5-2/h6-12,21H,4-5,13H2,1-3H3,(H,20,22). The van der Waals surface area contributed by atoms with Crippen molar-refractivity contribution in [2.75, 3.05) is 24.5 Å². The number of nitrogens with one attached hydrogen (secondary N) is 2. The first kappa shape index (κ1) is 20.6. The summed E-state index contributed by atoms with van der Waals surface area (Å²) in [6, 6.07) is 11.2. The molecule has 0 aromatic heterocycles. The number of carbonyl (C=O) groups is 1. The summed E-state index contributed by atoms with van der Waals surface area (Å²) in [5.41, 5.74) is 1.06. The smallest absolute Gasteiger partial charge is 0.261 e. The highest BCUT2D eigenvalue weighted by Crippen LogP contribution is 2.24. The predicted molar refractivity (Wildman–Crippen MR) is 104 cm³/mol. The minimum atomic E-state index is -3.74. The highest BCUT2D eigenvalue weighted by molar-refractivity contribution is 7.92. The average molecular weight is 392 g/mol. The van der Waals surface area contributed by atoms with Gasteiger partial charge >= 0.3 is 0 Å². The molecule has 0 saturated carbocycles. The van der Waals surface area contributed by atoms with Crippen LogP contribution in [0.15, 0.2) is 47.4 Å². The van der Waals surface area contributed by atoms with Crippen LogP contribution >= 0.6 is 0 Å². The molecule has 0 aliphatic carbocycles. The van der Waals surface area contributed by atoms with Crippen LogP contribution < -0.4 is 19.5 Å². The van der Waals surface area contributed by atoms with Crippen LogP contribution in [0, 0.1) is 6.92 Å². The summed E-state index contributed by atoms with van der Waals surface area (Å²) in [6.45, 7) is 6.37. The SMILES string of the molecule is CCNC(=O)COc1ccc(S(=O)(=O)Nc2ccc(OCC)cc2)cc1C. The minimum Gasteiger partial charge on any atom is -0.494 e. The second-order valence-electron chi connectivity index (χ2n) is 5.73. The Kier molecular flexibility index (Phi) is 7.06. The van der Waals surface area contributed by atoms with Gasteiger partial charge in [0, 0.05) is 12.2 Å². The highest BCUT2D eigenvalue weighted by atomic mass is 32.2. The molecular weight excluding hydrogens is 368 g/mol. The third-order valence-electron chi connectivity index (χ3n) is 3.61. The topological polar surface area (TPSA) is 93.7 Å². The van der Waals surface area contributed by atoms with E-state index in [0.29, 0.717) is 35.9 Å². The molecule has 0 aliphatic rings. The number of ether oxygens (including phenoxy) is 2. The van der Waals surface area contributed by atoms with Gasteiger partial charge in [0.15, 0.2) is 6.61 Å². The van der Waals surface area contributed by atoms with Crippen molar-refractivity contribution in [1.29, 1.82) is 0 Å². The first-order valence-electron chi connectivity index (χ1n) is 8.61. The third kappa shape index (κ3) is 5.89. The van der Waals surface area contributed by atoms with Gasteiger partial charge in [-0.25, -0.2) is 8.42 Å². The number of anilines is 1. The molecule has 0 saturated heterocycles. The van der Waals surface area contributed by atoms with E-state index in [-0.39, 0.29) is 17.4 Å². The second kappa shape index (κ2) is 9.27. The summed E-state index contributed by atoms with van der Waals surface area (Å²) in [6.07, 6.45) is 0. The summed E-state index contributed by atoms with van der Waals surface area (Å²) in [4.78, 5) is 11.6. The van der Waals surface area contributed by atoms with Gasteiger partial charge < -0.3 is 14.8 Å². The Morgan fingerprint density at radius 1 is 1.04 bits per heavy atom. The lowest BCUT2D eigenvalue weighted by molar-refractivity contribution is -0.122. The quantitative estimate of drug-likeness (QED) is 0.684. The summed E-state index contributed by atoms with van der Waals surface area (Å²) < 4.78 is 38.5. The van der Waals surface area contributed by atoms with Crippen LogP contribution in [0.1, 0.15) is 19.4 Å². The van der Waals surface area contributed by atoms with Crippen molar-refractivity contribution in [1.82, 2.24) is 5.32 Å². The van der Waals surface area contributed by atoms with E-state index in [0.717, 1.165) is 0 Å². The van der Waals surface area contributed by atoms with Crippen LogP contribution in [-0.2, 0) is 14.8 Å². The largest absolute Gasteiger partial charge is 0.494 e. The fraction of sp³-hybridized carbons (Fsp3) is 0.316. The Labute approximate surface area is 159 Å². The van der Waals surface area contributed by atoms with Crippen molar-refractivity contribution in [3.05, 3.63) is 48.0 Å². The maximum Gasteiger partial charge on any atom is 0.261 e. The average Bonchev–Trinajstić information content (AvgIpc) is 2.62. The monoisotopic (exact) mass is 392 g/mol. The van der Waals surface area contributed by atoms with E-state index >= 15 is 0 Å². The normalized spacial score (nSPS) is 10.9. The number of hydrogen-bond acceptors (Lipinski definition) is 5. The maximum atomic E-state index is 12.6. The number of carbonyl (C=O) groups excluding carboxylic acids is 1. The Hall–Kier alpha value is -2.74. The van der Waals surface area contributed by atoms with Crippen molar-refractivity contribution >= 4 is 21.6 Å². The van der Waals surface area contributed by atoms with E-state index in [4.69, 9.17) is 9.47 Å². The van der Waals surface area contributed by atoms with Gasteiger partial charge in [0.05, 0.1) is 11.5 Å². The van der Waals surface area contributed by atoms with Crippen LogP contribution in [-0.4, -0.2) is 34.1 Å².